The van der Waals surface area contributed by atoms with Gasteiger partial charge in [0.15, 0.2) is 0 Å². The van der Waals surface area contributed by atoms with Crippen molar-refractivity contribution in [2.45, 2.75) is 12.7 Å². The number of rotatable bonds is 3. The van der Waals surface area contributed by atoms with Gasteiger partial charge in [-0.1, -0.05) is 23.7 Å². The van der Waals surface area contributed by atoms with E-state index < -0.39 is 29.3 Å². The number of amides is 2. The molecule has 8 heteroatoms. The molecule has 0 unspecified atom stereocenters. The highest BCUT2D eigenvalue weighted by atomic mass is 35.5. The van der Waals surface area contributed by atoms with Gasteiger partial charge in [0.1, 0.15) is 5.82 Å². The molecule has 0 heterocycles. The molecule has 2 N–H and O–H groups in total. The van der Waals surface area contributed by atoms with E-state index in [1.165, 1.54) is 30.3 Å². The molecule has 2 aromatic carbocycles. The van der Waals surface area contributed by atoms with Gasteiger partial charge in [-0.2, -0.15) is 13.2 Å². The van der Waals surface area contributed by atoms with E-state index in [4.69, 9.17) is 11.6 Å². The summed E-state index contributed by atoms with van der Waals surface area (Å²) in [7, 11) is 0. The first-order valence-corrected chi connectivity index (χ1v) is 6.79. The number of urea groups is 1. The van der Waals surface area contributed by atoms with Crippen molar-refractivity contribution in [3.8, 4) is 0 Å². The Labute approximate surface area is 134 Å². The van der Waals surface area contributed by atoms with Crippen LogP contribution in [0.25, 0.3) is 0 Å². The van der Waals surface area contributed by atoms with E-state index in [9.17, 15) is 22.4 Å². The van der Waals surface area contributed by atoms with E-state index in [2.05, 4.69) is 10.6 Å². The Balaban J connectivity index is 2.04. The van der Waals surface area contributed by atoms with Gasteiger partial charge in [-0.25, -0.2) is 9.18 Å². The van der Waals surface area contributed by atoms with Crippen LogP contribution >= 0.6 is 11.6 Å². The predicted molar refractivity (Wildman–Crippen MR) is 78.7 cm³/mol. The van der Waals surface area contributed by atoms with Crippen molar-refractivity contribution in [3.63, 3.8) is 0 Å². The van der Waals surface area contributed by atoms with Crippen LogP contribution in [0.4, 0.5) is 28.0 Å². The summed E-state index contributed by atoms with van der Waals surface area (Å²) in [6.07, 6.45) is -4.65. The highest BCUT2D eigenvalue weighted by Crippen LogP contribution is 2.36. The van der Waals surface area contributed by atoms with Gasteiger partial charge in [0.25, 0.3) is 0 Å². The molecule has 122 valence electrons. The molecule has 2 aromatic rings. The van der Waals surface area contributed by atoms with E-state index >= 15 is 0 Å². The Morgan fingerprint density at radius 2 is 1.74 bits per heavy atom. The number of halogens is 5. The van der Waals surface area contributed by atoms with Gasteiger partial charge < -0.3 is 10.6 Å². The van der Waals surface area contributed by atoms with Crippen molar-refractivity contribution in [3.05, 3.63) is 64.4 Å². The highest BCUT2D eigenvalue weighted by Gasteiger charge is 2.34. The van der Waals surface area contributed by atoms with Gasteiger partial charge in [0.05, 0.1) is 11.3 Å². The van der Waals surface area contributed by atoms with Crippen molar-refractivity contribution < 1.29 is 22.4 Å². The van der Waals surface area contributed by atoms with Gasteiger partial charge >= 0.3 is 12.2 Å². The molecule has 0 aliphatic rings. The van der Waals surface area contributed by atoms with Crippen molar-refractivity contribution in [2.24, 2.45) is 0 Å². The summed E-state index contributed by atoms with van der Waals surface area (Å²) in [5.41, 5.74) is -0.839. The van der Waals surface area contributed by atoms with Crippen molar-refractivity contribution in [1.82, 2.24) is 5.32 Å². The van der Waals surface area contributed by atoms with Gasteiger partial charge in [-0.3, -0.25) is 0 Å². The summed E-state index contributed by atoms with van der Waals surface area (Å²) in [6.45, 7) is 0.0427. The largest absolute Gasteiger partial charge is 0.418 e. The zero-order chi connectivity index (χ0) is 17.0. The molecule has 2 amide bonds. The van der Waals surface area contributed by atoms with Crippen LogP contribution in [0.5, 0.6) is 0 Å². The van der Waals surface area contributed by atoms with Crippen LogP contribution in [-0.4, -0.2) is 6.03 Å². The first-order valence-electron chi connectivity index (χ1n) is 6.42. The summed E-state index contributed by atoms with van der Waals surface area (Å²) in [4.78, 5) is 11.7. The molecular formula is C15H11ClF4N2O. The third kappa shape index (κ3) is 4.85. The lowest BCUT2D eigenvalue weighted by molar-refractivity contribution is -0.136. The molecule has 0 aromatic heterocycles. The molecule has 0 saturated carbocycles. The number of nitrogens with one attached hydrogen (secondary N) is 2. The molecule has 0 bridgehead atoms. The Morgan fingerprint density at radius 3 is 2.35 bits per heavy atom. The highest BCUT2D eigenvalue weighted by molar-refractivity contribution is 6.30. The fourth-order valence-corrected chi connectivity index (χ4v) is 1.98. The SMILES string of the molecule is O=C(NCc1ccc(F)cc1)Nc1ccc(Cl)cc1C(F)(F)F. The Kier molecular flexibility index (Phi) is 5.10. The van der Waals surface area contributed by atoms with E-state index in [0.29, 0.717) is 5.56 Å². The summed E-state index contributed by atoms with van der Waals surface area (Å²) < 4.78 is 51.4. The molecular weight excluding hydrogens is 336 g/mol. The topological polar surface area (TPSA) is 41.1 Å². The minimum Gasteiger partial charge on any atom is -0.334 e. The summed E-state index contributed by atoms with van der Waals surface area (Å²) >= 11 is 5.55. The number of carbonyl (C=O) groups is 1. The molecule has 0 atom stereocenters. The van der Waals surface area contributed by atoms with Gasteiger partial charge in [0, 0.05) is 11.6 Å². The third-order valence-corrected chi connectivity index (χ3v) is 3.14. The molecule has 0 fully saturated rings. The fraction of sp³-hybridized carbons (Fsp3) is 0.133. The van der Waals surface area contributed by atoms with Crippen molar-refractivity contribution in [2.75, 3.05) is 5.32 Å². The second kappa shape index (κ2) is 6.87. The monoisotopic (exact) mass is 346 g/mol. The Bertz CT molecular complexity index is 702. The zero-order valence-corrected chi connectivity index (χ0v) is 12.3. The maximum absolute atomic E-state index is 12.9. The maximum atomic E-state index is 12.9. The molecule has 0 radical (unpaired) electrons. The fourth-order valence-electron chi connectivity index (χ4n) is 1.81. The molecule has 3 nitrogen and oxygen atoms in total. The second-order valence-corrected chi connectivity index (χ2v) is 5.06. The molecule has 2 rings (SSSR count). The minimum absolute atomic E-state index is 0.0427. The lowest BCUT2D eigenvalue weighted by Gasteiger charge is -2.14. The van der Waals surface area contributed by atoms with Crippen molar-refractivity contribution >= 4 is 23.3 Å². The lowest BCUT2D eigenvalue weighted by Crippen LogP contribution is -2.29. The van der Waals surface area contributed by atoms with Crippen LogP contribution in [0.1, 0.15) is 11.1 Å². The number of alkyl halides is 3. The Morgan fingerprint density at radius 1 is 1.09 bits per heavy atom. The zero-order valence-electron chi connectivity index (χ0n) is 11.5. The summed E-state index contributed by atoms with van der Waals surface area (Å²) in [5.74, 6) is -0.422. The van der Waals surface area contributed by atoms with E-state index in [1.54, 1.807) is 0 Å². The minimum atomic E-state index is -4.65. The van der Waals surface area contributed by atoms with Gasteiger partial charge in [0.2, 0.25) is 0 Å². The average Bonchev–Trinajstić information content (AvgIpc) is 2.47. The van der Waals surface area contributed by atoms with Crippen LogP contribution in [0.3, 0.4) is 0 Å². The number of benzene rings is 2. The number of hydrogen-bond acceptors (Lipinski definition) is 1. The smallest absolute Gasteiger partial charge is 0.334 e. The second-order valence-electron chi connectivity index (χ2n) is 4.62. The van der Waals surface area contributed by atoms with Crippen LogP contribution < -0.4 is 10.6 Å². The van der Waals surface area contributed by atoms with Crippen LogP contribution in [0.2, 0.25) is 5.02 Å². The van der Waals surface area contributed by atoms with Crippen LogP contribution in [0, 0.1) is 5.82 Å². The van der Waals surface area contributed by atoms with Crippen LogP contribution in [-0.2, 0) is 12.7 Å². The van der Waals surface area contributed by atoms with Gasteiger partial charge in [-0.15, -0.1) is 0 Å². The average molecular weight is 347 g/mol. The number of hydrogen-bond donors (Lipinski definition) is 2. The number of carbonyl (C=O) groups excluding carboxylic acids is 1. The maximum Gasteiger partial charge on any atom is 0.418 e. The predicted octanol–water partition coefficient (Wildman–Crippen LogP) is 4.82. The Hall–Kier alpha value is -2.28. The molecule has 0 saturated heterocycles. The summed E-state index contributed by atoms with van der Waals surface area (Å²) in [5, 5.41) is 4.42. The van der Waals surface area contributed by atoms with Gasteiger partial charge in [-0.05, 0) is 35.9 Å². The van der Waals surface area contributed by atoms with E-state index in [1.807, 2.05) is 0 Å². The molecule has 0 aliphatic carbocycles. The van der Waals surface area contributed by atoms with Crippen molar-refractivity contribution in [1.29, 1.82) is 0 Å². The standard InChI is InChI=1S/C15H11ClF4N2O/c16-10-3-6-13(12(7-10)15(18,19)20)22-14(23)21-8-9-1-4-11(17)5-2-9/h1-7H,8H2,(H2,21,22,23). The molecule has 0 aliphatic heterocycles. The van der Waals surface area contributed by atoms with Crippen LogP contribution in [0.15, 0.2) is 42.5 Å². The first kappa shape index (κ1) is 17.1. The lowest BCUT2D eigenvalue weighted by atomic mass is 10.1. The first-order chi connectivity index (χ1) is 10.8. The molecule has 23 heavy (non-hydrogen) atoms. The normalized spacial score (nSPS) is 11.2. The number of anilines is 1. The summed E-state index contributed by atoms with van der Waals surface area (Å²) in [6, 6.07) is 7.58. The van der Waals surface area contributed by atoms with E-state index in [-0.39, 0.29) is 11.6 Å². The quantitative estimate of drug-likeness (QED) is 0.769. The van der Waals surface area contributed by atoms with E-state index in [0.717, 1.165) is 12.1 Å². The third-order valence-electron chi connectivity index (χ3n) is 2.90. The molecule has 0 spiro atoms.